The second kappa shape index (κ2) is 7.50. The van der Waals surface area contributed by atoms with Crippen molar-refractivity contribution in [1.82, 2.24) is 15.0 Å². The number of hydrogen-bond acceptors (Lipinski definition) is 4. The largest absolute Gasteiger partial charge is 0.478 e. The van der Waals surface area contributed by atoms with Crippen LogP contribution in [0.5, 0.6) is 5.88 Å². The van der Waals surface area contributed by atoms with Crippen molar-refractivity contribution in [1.29, 1.82) is 0 Å². The van der Waals surface area contributed by atoms with E-state index in [-0.39, 0.29) is 6.61 Å². The third-order valence-electron chi connectivity index (χ3n) is 4.45. The highest BCUT2D eigenvalue weighted by molar-refractivity contribution is 5.94. The molecule has 0 aliphatic carbocycles. The molecule has 0 N–H and O–H groups in total. The third-order valence-corrected chi connectivity index (χ3v) is 4.45. The molecule has 0 atom stereocenters. The Morgan fingerprint density at radius 2 is 1.66 bits per heavy atom. The van der Waals surface area contributed by atoms with E-state index in [9.17, 15) is 13.2 Å². The number of halogens is 3. The summed E-state index contributed by atoms with van der Waals surface area (Å²) in [7, 11) is 0. The van der Waals surface area contributed by atoms with E-state index >= 15 is 0 Å². The van der Waals surface area contributed by atoms with Crippen LogP contribution in [0.4, 0.5) is 13.2 Å². The molecule has 7 heteroatoms. The van der Waals surface area contributed by atoms with Crippen LogP contribution >= 0.6 is 0 Å². The van der Waals surface area contributed by atoms with Gasteiger partial charge in [-0.1, -0.05) is 36.4 Å². The number of hydrogen-bond donors (Lipinski definition) is 0. The van der Waals surface area contributed by atoms with E-state index < -0.39 is 17.6 Å². The van der Waals surface area contributed by atoms with Gasteiger partial charge in [0.25, 0.3) is 0 Å². The van der Waals surface area contributed by atoms with Gasteiger partial charge in [0.05, 0.1) is 17.8 Å². The standard InChI is InChI=1S/C22H16F3N3O/c1-2-29-21-18(22(23,24)25)11-16(12-26-21)15-8-9-19-17(10-15)20(28-13-27-19)14-6-4-3-5-7-14/h3-13H,2H2,1H3. The highest BCUT2D eigenvalue weighted by Crippen LogP contribution is 2.38. The average molecular weight is 395 g/mol. The first kappa shape index (κ1) is 18.9. The number of fused-ring (bicyclic) bond motifs is 1. The molecule has 4 nitrogen and oxygen atoms in total. The van der Waals surface area contributed by atoms with Crippen molar-refractivity contribution in [3.8, 4) is 28.3 Å². The zero-order valence-corrected chi connectivity index (χ0v) is 15.4. The van der Waals surface area contributed by atoms with Crippen LogP contribution in [-0.2, 0) is 6.18 Å². The van der Waals surface area contributed by atoms with E-state index in [4.69, 9.17) is 4.74 Å². The monoisotopic (exact) mass is 395 g/mol. The molecule has 0 aliphatic heterocycles. The van der Waals surface area contributed by atoms with E-state index in [0.717, 1.165) is 17.0 Å². The molecule has 4 rings (SSSR count). The van der Waals surface area contributed by atoms with Crippen molar-refractivity contribution in [2.75, 3.05) is 6.61 Å². The topological polar surface area (TPSA) is 47.9 Å². The van der Waals surface area contributed by atoms with Crippen LogP contribution in [0.2, 0.25) is 0 Å². The number of ether oxygens (including phenoxy) is 1. The molecule has 0 spiro atoms. The minimum Gasteiger partial charge on any atom is -0.478 e. The Morgan fingerprint density at radius 3 is 2.38 bits per heavy atom. The first-order chi connectivity index (χ1) is 14.0. The summed E-state index contributed by atoms with van der Waals surface area (Å²) in [6.45, 7) is 1.72. The van der Waals surface area contributed by atoms with Crippen molar-refractivity contribution in [2.24, 2.45) is 0 Å². The van der Waals surface area contributed by atoms with Crippen LogP contribution in [0.1, 0.15) is 12.5 Å². The van der Waals surface area contributed by atoms with Gasteiger partial charge >= 0.3 is 6.18 Å². The van der Waals surface area contributed by atoms with Crippen molar-refractivity contribution in [3.05, 3.63) is 72.7 Å². The summed E-state index contributed by atoms with van der Waals surface area (Å²) in [4.78, 5) is 12.5. The average Bonchev–Trinajstić information content (AvgIpc) is 2.73. The molecule has 2 aromatic carbocycles. The molecular formula is C22H16F3N3O. The smallest absolute Gasteiger partial charge is 0.421 e. The molecule has 0 aliphatic rings. The number of nitrogens with zero attached hydrogens (tertiary/aromatic N) is 3. The number of alkyl halides is 3. The summed E-state index contributed by atoms with van der Waals surface area (Å²) < 4.78 is 45.4. The van der Waals surface area contributed by atoms with Crippen molar-refractivity contribution >= 4 is 10.9 Å². The lowest BCUT2D eigenvalue weighted by molar-refractivity contribution is -0.139. The summed E-state index contributed by atoms with van der Waals surface area (Å²) in [5.41, 5.74) is 2.35. The maximum atomic E-state index is 13.5. The number of benzene rings is 2. The zero-order chi connectivity index (χ0) is 20.4. The van der Waals surface area contributed by atoms with Crippen LogP contribution in [0.25, 0.3) is 33.3 Å². The third kappa shape index (κ3) is 3.76. The Bertz CT molecular complexity index is 1160. The van der Waals surface area contributed by atoms with Gasteiger partial charge < -0.3 is 4.74 Å². The molecule has 0 bridgehead atoms. The van der Waals surface area contributed by atoms with Gasteiger partial charge in [-0.3, -0.25) is 0 Å². The fraction of sp³-hybridized carbons (Fsp3) is 0.136. The molecule has 4 aromatic rings. The zero-order valence-electron chi connectivity index (χ0n) is 15.4. The second-order valence-electron chi connectivity index (χ2n) is 6.33. The predicted molar refractivity (Wildman–Crippen MR) is 104 cm³/mol. The minimum absolute atomic E-state index is 0.100. The summed E-state index contributed by atoms with van der Waals surface area (Å²) in [5.74, 6) is -0.419. The van der Waals surface area contributed by atoms with Crippen LogP contribution in [0.15, 0.2) is 67.1 Å². The summed E-state index contributed by atoms with van der Waals surface area (Å²) in [6, 6.07) is 15.9. The van der Waals surface area contributed by atoms with Gasteiger partial charge in [0.1, 0.15) is 11.9 Å². The van der Waals surface area contributed by atoms with Crippen LogP contribution in [-0.4, -0.2) is 21.6 Å². The van der Waals surface area contributed by atoms with Gasteiger partial charge in [-0.15, -0.1) is 0 Å². The van der Waals surface area contributed by atoms with Crippen molar-refractivity contribution in [3.63, 3.8) is 0 Å². The van der Waals surface area contributed by atoms with Crippen LogP contribution < -0.4 is 4.74 Å². The molecule has 146 valence electrons. The molecule has 0 unspecified atom stereocenters. The Kier molecular flexibility index (Phi) is 4.88. The maximum Gasteiger partial charge on any atom is 0.421 e. The lowest BCUT2D eigenvalue weighted by Crippen LogP contribution is -2.10. The summed E-state index contributed by atoms with van der Waals surface area (Å²) in [6.07, 6.45) is -1.71. The van der Waals surface area contributed by atoms with Gasteiger partial charge in [0.2, 0.25) is 5.88 Å². The highest BCUT2D eigenvalue weighted by Gasteiger charge is 2.35. The molecule has 0 saturated heterocycles. The quantitative estimate of drug-likeness (QED) is 0.440. The maximum absolute atomic E-state index is 13.5. The molecule has 0 fully saturated rings. The van der Waals surface area contributed by atoms with E-state index in [0.29, 0.717) is 22.3 Å². The van der Waals surface area contributed by atoms with Gasteiger partial charge in [0, 0.05) is 22.7 Å². The molecule has 0 radical (unpaired) electrons. The van der Waals surface area contributed by atoms with Gasteiger partial charge in [-0.05, 0) is 30.7 Å². The van der Waals surface area contributed by atoms with Crippen molar-refractivity contribution < 1.29 is 17.9 Å². The lowest BCUT2D eigenvalue weighted by atomic mass is 10.0. The molecule has 2 aromatic heterocycles. The Morgan fingerprint density at radius 1 is 0.862 bits per heavy atom. The lowest BCUT2D eigenvalue weighted by Gasteiger charge is -2.14. The fourth-order valence-corrected chi connectivity index (χ4v) is 3.13. The van der Waals surface area contributed by atoms with Crippen LogP contribution in [0, 0.1) is 0 Å². The number of aromatic nitrogens is 3. The second-order valence-corrected chi connectivity index (χ2v) is 6.33. The SMILES string of the molecule is CCOc1ncc(-c2ccc3ncnc(-c4ccccc4)c3c2)cc1C(F)(F)F. The van der Waals surface area contributed by atoms with E-state index in [1.54, 1.807) is 25.1 Å². The van der Waals surface area contributed by atoms with E-state index in [2.05, 4.69) is 15.0 Å². The Hall–Kier alpha value is -3.48. The normalized spacial score (nSPS) is 11.6. The van der Waals surface area contributed by atoms with Gasteiger partial charge in [-0.25, -0.2) is 15.0 Å². The first-order valence-corrected chi connectivity index (χ1v) is 8.98. The number of rotatable bonds is 4. The molecule has 0 amide bonds. The Labute approximate surface area is 165 Å². The molecule has 0 saturated carbocycles. The summed E-state index contributed by atoms with van der Waals surface area (Å²) in [5, 5.41) is 0.749. The highest BCUT2D eigenvalue weighted by atomic mass is 19.4. The Balaban J connectivity index is 1.87. The molecular weight excluding hydrogens is 379 g/mol. The van der Waals surface area contributed by atoms with Crippen LogP contribution in [0.3, 0.4) is 0 Å². The van der Waals surface area contributed by atoms with Crippen molar-refractivity contribution in [2.45, 2.75) is 13.1 Å². The molecule has 29 heavy (non-hydrogen) atoms. The van der Waals surface area contributed by atoms with E-state index in [1.807, 2.05) is 30.3 Å². The van der Waals surface area contributed by atoms with Gasteiger partial charge in [0.15, 0.2) is 0 Å². The minimum atomic E-state index is -4.57. The van der Waals surface area contributed by atoms with E-state index in [1.165, 1.54) is 12.5 Å². The molecule has 2 heterocycles. The summed E-state index contributed by atoms with van der Waals surface area (Å²) >= 11 is 0. The fourth-order valence-electron chi connectivity index (χ4n) is 3.13. The first-order valence-electron chi connectivity index (χ1n) is 8.98. The number of pyridine rings is 1. The predicted octanol–water partition coefficient (Wildman–Crippen LogP) is 5.78. The van der Waals surface area contributed by atoms with Gasteiger partial charge in [-0.2, -0.15) is 13.2 Å².